The summed E-state index contributed by atoms with van der Waals surface area (Å²) in [6, 6.07) is 0. The first-order valence-electron chi connectivity index (χ1n) is 6.03. The highest BCUT2D eigenvalue weighted by atomic mass is 16.4. The van der Waals surface area contributed by atoms with Gasteiger partial charge in [0.05, 0.1) is 0 Å². The topological polar surface area (TPSA) is 231 Å². The van der Waals surface area contributed by atoms with Crippen LogP contribution < -0.4 is 34.4 Å². The molecule has 10 nitrogen and oxygen atoms in total. The minimum atomic E-state index is -0.948. The summed E-state index contributed by atoms with van der Waals surface area (Å²) in [4.78, 5) is 19.6. The minimum Gasteiger partial charge on any atom is -0.481 e. The summed E-state index contributed by atoms with van der Waals surface area (Å²) in [6.07, 6.45) is 0.0866. The summed E-state index contributed by atoms with van der Waals surface area (Å²) < 4.78 is 0. The number of carboxylic acid groups (broad SMARTS) is 2. The Morgan fingerprint density at radius 3 is 0.810 bits per heavy atom. The minimum absolute atomic E-state index is 0.0632. The lowest BCUT2D eigenvalue weighted by Crippen LogP contribution is -1.98. The van der Waals surface area contributed by atoms with Crippen LogP contribution in [0, 0.1) is 0 Å². The molecule has 0 heterocycles. The molecule has 0 rings (SSSR count). The van der Waals surface area contributed by atoms with Gasteiger partial charge in [0.2, 0.25) is 0 Å². The van der Waals surface area contributed by atoms with E-state index in [4.69, 9.17) is 10.2 Å². The van der Waals surface area contributed by atoms with Crippen molar-refractivity contribution < 1.29 is 19.8 Å². The van der Waals surface area contributed by atoms with Crippen LogP contribution in [0.15, 0.2) is 0 Å². The Morgan fingerprint density at radius 2 is 0.714 bits per heavy atom. The van der Waals surface area contributed by atoms with Gasteiger partial charge in [-0.15, -0.1) is 0 Å². The van der Waals surface area contributed by atoms with E-state index in [-0.39, 0.29) is 19.3 Å². The fourth-order valence-corrected chi connectivity index (χ4v) is 0.391. The van der Waals surface area contributed by atoms with E-state index >= 15 is 0 Å². The molecule has 0 fully saturated rings. The maximum atomic E-state index is 9.79. The number of carboxylic acids is 2. The van der Waals surface area contributed by atoms with Gasteiger partial charge in [-0.1, -0.05) is 0 Å². The highest BCUT2D eigenvalue weighted by Crippen LogP contribution is 1.93. The van der Waals surface area contributed by atoms with Crippen molar-refractivity contribution in [3.8, 4) is 0 Å². The zero-order valence-corrected chi connectivity index (χ0v) is 14.3. The van der Waals surface area contributed by atoms with Crippen molar-refractivity contribution >= 4 is 11.9 Å². The van der Waals surface area contributed by atoms with Gasteiger partial charge in [-0.2, -0.15) is 0 Å². The average molecular weight is 318 g/mol. The molecule has 0 saturated carbocycles. The first-order chi connectivity index (χ1) is 10.1. The number of hydrogen-bond donors (Lipinski definition) is 8. The van der Waals surface area contributed by atoms with E-state index < -0.39 is 11.9 Å². The second-order valence-corrected chi connectivity index (χ2v) is 1.64. The first kappa shape index (κ1) is 42.7. The molecular weight excluding hydrogens is 280 g/mol. The predicted octanol–water partition coefficient (Wildman–Crippen LogP) is -2.22. The third kappa shape index (κ3) is 236. The quantitative estimate of drug-likeness (QED) is 0.278. The van der Waals surface area contributed by atoms with Gasteiger partial charge in [0, 0.05) is 12.8 Å². The zero-order chi connectivity index (χ0) is 19.3. The molecule has 0 bridgehead atoms. The summed E-state index contributed by atoms with van der Waals surface area (Å²) in [7, 11) is 9.00. The van der Waals surface area contributed by atoms with E-state index in [1.807, 2.05) is 0 Å². The molecule has 10 heteroatoms. The lowest BCUT2D eigenvalue weighted by Gasteiger charge is -1.89. The molecule has 0 saturated heterocycles. The predicted molar refractivity (Wildman–Crippen MR) is 89.8 cm³/mol. The molecule has 0 spiro atoms. The van der Waals surface area contributed by atoms with Crippen molar-refractivity contribution in [1.29, 1.82) is 0 Å². The van der Waals surface area contributed by atoms with E-state index in [0.29, 0.717) is 0 Å². The van der Waals surface area contributed by atoms with Crippen LogP contribution in [0.4, 0.5) is 0 Å². The number of nitrogens with two attached hydrogens (primary N) is 6. The Bertz CT molecular complexity index is 126. The molecule has 0 atom stereocenters. The maximum Gasteiger partial charge on any atom is 0.303 e. The van der Waals surface area contributed by atoms with Crippen molar-refractivity contribution in [2.75, 3.05) is 42.3 Å². The zero-order valence-electron chi connectivity index (χ0n) is 14.3. The number of hydrogen-bond acceptors (Lipinski definition) is 8. The Kier molecular flexibility index (Phi) is 201. The SMILES string of the molecule is CN.CN.CN.CN.CN.CN.O=C(O)CCCC(=O)O. The average Bonchev–Trinajstić information content (AvgIpc) is 2.58. The van der Waals surface area contributed by atoms with Gasteiger partial charge in [-0.05, 0) is 48.7 Å². The Balaban J connectivity index is -0.0000000275. The number of rotatable bonds is 4. The molecule has 0 aliphatic rings. The molecule has 14 N–H and O–H groups in total. The summed E-state index contributed by atoms with van der Waals surface area (Å²) in [6.45, 7) is 0. The van der Waals surface area contributed by atoms with Gasteiger partial charge in [-0.3, -0.25) is 9.59 Å². The van der Waals surface area contributed by atoms with Gasteiger partial charge in [0.15, 0.2) is 0 Å². The van der Waals surface area contributed by atoms with Crippen LogP contribution in [-0.2, 0) is 9.59 Å². The van der Waals surface area contributed by atoms with Gasteiger partial charge in [-0.25, -0.2) is 0 Å². The maximum absolute atomic E-state index is 9.79. The molecule has 0 aromatic rings. The van der Waals surface area contributed by atoms with E-state index in [1.54, 1.807) is 0 Å². The van der Waals surface area contributed by atoms with Crippen molar-refractivity contribution in [3.05, 3.63) is 0 Å². The summed E-state index contributed by atoms with van der Waals surface area (Å²) in [5, 5.41) is 16.1. The monoisotopic (exact) mass is 318 g/mol. The standard InChI is InChI=1S/C5H8O4.6CH5N/c6-4(7)2-1-3-5(8)9;6*1-2/h1-3H2,(H,6,7)(H,8,9);6*2H2,1H3. The van der Waals surface area contributed by atoms with Crippen molar-refractivity contribution in [1.82, 2.24) is 0 Å². The fraction of sp³-hybridized carbons (Fsp3) is 0.818. The van der Waals surface area contributed by atoms with Crippen LogP contribution in [0.3, 0.4) is 0 Å². The molecule has 136 valence electrons. The van der Waals surface area contributed by atoms with Crippen LogP contribution >= 0.6 is 0 Å². The Morgan fingerprint density at radius 1 is 0.571 bits per heavy atom. The van der Waals surface area contributed by atoms with Gasteiger partial charge >= 0.3 is 11.9 Å². The highest BCUT2D eigenvalue weighted by Gasteiger charge is 1.99. The first-order valence-corrected chi connectivity index (χ1v) is 6.03. The van der Waals surface area contributed by atoms with Gasteiger partial charge in [0.1, 0.15) is 0 Å². The van der Waals surface area contributed by atoms with Crippen LogP contribution in [0.1, 0.15) is 19.3 Å². The van der Waals surface area contributed by atoms with Gasteiger partial charge in [0.25, 0.3) is 0 Å². The summed E-state index contributed by atoms with van der Waals surface area (Å²) in [5.74, 6) is -1.90. The molecule has 0 aromatic heterocycles. The van der Waals surface area contributed by atoms with Crippen molar-refractivity contribution in [3.63, 3.8) is 0 Å². The molecule has 0 aliphatic carbocycles. The van der Waals surface area contributed by atoms with Crippen LogP contribution in [0.2, 0.25) is 0 Å². The second kappa shape index (κ2) is 98.8. The Labute approximate surface area is 128 Å². The second-order valence-electron chi connectivity index (χ2n) is 1.64. The van der Waals surface area contributed by atoms with Crippen molar-refractivity contribution in [2.24, 2.45) is 34.4 Å². The molecule has 0 radical (unpaired) electrons. The molecular formula is C11H38N6O4. The largest absolute Gasteiger partial charge is 0.481 e. The van der Waals surface area contributed by atoms with Crippen LogP contribution in [0.25, 0.3) is 0 Å². The summed E-state index contributed by atoms with van der Waals surface area (Å²) >= 11 is 0. The van der Waals surface area contributed by atoms with E-state index in [0.717, 1.165) is 0 Å². The van der Waals surface area contributed by atoms with E-state index in [2.05, 4.69) is 34.4 Å². The molecule has 0 unspecified atom stereocenters. The normalized spacial score (nSPS) is 5.52. The smallest absolute Gasteiger partial charge is 0.303 e. The molecule has 0 amide bonds. The molecule has 0 aliphatic heterocycles. The highest BCUT2D eigenvalue weighted by molar-refractivity contribution is 5.69. The number of aliphatic carboxylic acids is 2. The molecule has 21 heavy (non-hydrogen) atoms. The number of carbonyl (C=O) groups is 2. The lowest BCUT2D eigenvalue weighted by atomic mass is 10.2. The third-order valence-corrected chi connectivity index (χ3v) is 0.781. The van der Waals surface area contributed by atoms with Crippen LogP contribution in [-0.4, -0.2) is 64.4 Å². The summed E-state index contributed by atoms with van der Waals surface area (Å²) in [5.41, 5.74) is 27.0. The third-order valence-electron chi connectivity index (χ3n) is 0.781. The fourth-order valence-electron chi connectivity index (χ4n) is 0.391. The van der Waals surface area contributed by atoms with Gasteiger partial charge < -0.3 is 44.6 Å². The van der Waals surface area contributed by atoms with E-state index in [9.17, 15) is 9.59 Å². The lowest BCUT2D eigenvalue weighted by molar-refractivity contribution is -0.138. The Hall–Kier alpha value is -1.30. The van der Waals surface area contributed by atoms with E-state index in [1.165, 1.54) is 42.3 Å². The van der Waals surface area contributed by atoms with Crippen LogP contribution in [0.5, 0.6) is 0 Å². The van der Waals surface area contributed by atoms with Crippen molar-refractivity contribution in [2.45, 2.75) is 19.3 Å². The molecule has 0 aromatic carbocycles.